The van der Waals surface area contributed by atoms with Gasteiger partial charge >= 0.3 is 0 Å². The molecule has 0 amide bonds. The number of nitrogens with zero attached hydrogens (tertiary/aromatic N) is 2. The van der Waals surface area contributed by atoms with Crippen LogP contribution in [-0.4, -0.2) is 9.97 Å². The SMILES string of the molecule is Clc1cc2nccnc2c2ccccc12. The van der Waals surface area contributed by atoms with Crippen LogP contribution in [0.15, 0.2) is 42.7 Å². The minimum Gasteiger partial charge on any atom is -0.253 e. The monoisotopic (exact) mass is 214 g/mol. The van der Waals surface area contributed by atoms with Gasteiger partial charge in [-0.1, -0.05) is 35.9 Å². The van der Waals surface area contributed by atoms with Gasteiger partial charge in [-0.15, -0.1) is 0 Å². The molecule has 3 rings (SSSR count). The number of benzene rings is 2. The molecule has 0 aliphatic rings. The van der Waals surface area contributed by atoms with E-state index in [-0.39, 0.29) is 0 Å². The van der Waals surface area contributed by atoms with Crippen LogP contribution in [-0.2, 0) is 0 Å². The van der Waals surface area contributed by atoms with E-state index in [9.17, 15) is 0 Å². The van der Waals surface area contributed by atoms with E-state index >= 15 is 0 Å². The van der Waals surface area contributed by atoms with Crippen LogP contribution >= 0.6 is 11.6 Å². The molecule has 0 fully saturated rings. The van der Waals surface area contributed by atoms with Crippen LogP contribution in [0.1, 0.15) is 0 Å². The van der Waals surface area contributed by atoms with Crippen molar-refractivity contribution < 1.29 is 0 Å². The molecular formula is C12H7ClN2. The first-order valence-corrected chi connectivity index (χ1v) is 5.02. The average molecular weight is 215 g/mol. The molecule has 0 atom stereocenters. The Morgan fingerprint density at radius 1 is 0.933 bits per heavy atom. The normalized spacial score (nSPS) is 11.0. The van der Waals surface area contributed by atoms with Gasteiger partial charge in [0, 0.05) is 23.2 Å². The molecule has 1 heterocycles. The molecule has 0 N–H and O–H groups in total. The Morgan fingerprint density at radius 3 is 2.53 bits per heavy atom. The van der Waals surface area contributed by atoms with Crippen LogP contribution in [0.2, 0.25) is 5.02 Å². The standard InChI is InChI=1S/C12H7ClN2/c13-10-7-11-12(15-6-5-14-11)9-4-2-1-3-8(9)10/h1-7H. The van der Waals surface area contributed by atoms with Gasteiger partial charge in [-0.2, -0.15) is 0 Å². The Labute approximate surface area is 91.5 Å². The summed E-state index contributed by atoms with van der Waals surface area (Å²) in [4.78, 5) is 8.57. The zero-order chi connectivity index (χ0) is 10.3. The molecule has 0 bridgehead atoms. The Bertz CT molecular complexity index is 649. The van der Waals surface area contributed by atoms with Gasteiger partial charge in [-0.25, -0.2) is 0 Å². The second-order valence-electron chi connectivity index (χ2n) is 3.33. The lowest BCUT2D eigenvalue weighted by molar-refractivity contribution is 1.30. The fourth-order valence-electron chi connectivity index (χ4n) is 1.76. The van der Waals surface area contributed by atoms with Crippen LogP contribution in [0, 0.1) is 0 Å². The summed E-state index contributed by atoms with van der Waals surface area (Å²) in [6, 6.07) is 9.80. The van der Waals surface area contributed by atoms with Crippen molar-refractivity contribution in [3.05, 3.63) is 47.7 Å². The molecule has 0 unspecified atom stereocenters. The average Bonchev–Trinajstić information content (AvgIpc) is 2.30. The van der Waals surface area contributed by atoms with Crippen molar-refractivity contribution in [3.8, 4) is 0 Å². The zero-order valence-electron chi connectivity index (χ0n) is 7.81. The highest BCUT2D eigenvalue weighted by Crippen LogP contribution is 2.28. The summed E-state index contributed by atoms with van der Waals surface area (Å²) in [5, 5.41) is 2.79. The molecular weight excluding hydrogens is 208 g/mol. The largest absolute Gasteiger partial charge is 0.253 e. The fourth-order valence-corrected chi connectivity index (χ4v) is 2.03. The van der Waals surface area contributed by atoms with Crippen LogP contribution in [0.3, 0.4) is 0 Å². The minimum atomic E-state index is 0.721. The second-order valence-corrected chi connectivity index (χ2v) is 3.74. The van der Waals surface area contributed by atoms with Crippen LogP contribution in [0.25, 0.3) is 21.8 Å². The first-order chi connectivity index (χ1) is 7.36. The number of hydrogen-bond donors (Lipinski definition) is 0. The Morgan fingerprint density at radius 2 is 1.67 bits per heavy atom. The summed E-state index contributed by atoms with van der Waals surface area (Å²) >= 11 is 6.17. The molecule has 1 aromatic heterocycles. The third kappa shape index (κ3) is 1.26. The van der Waals surface area contributed by atoms with Crippen LogP contribution in [0.5, 0.6) is 0 Å². The number of hydrogen-bond acceptors (Lipinski definition) is 2. The summed E-state index contributed by atoms with van der Waals surface area (Å²) < 4.78 is 0. The number of halogens is 1. The smallest absolute Gasteiger partial charge is 0.0966 e. The first kappa shape index (κ1) is 8.62. The molecule has 0 saturated heterocycles. The van der Waals surface area contributed by atoms with E-state index in [0.29, 0.717) is 0 Å². The predicted octanol–water partition coefficient (Wildman–Crippen LogP) is 3.44. The quantitative estimate of drug-likeness (QED) is 0.536. The summed E-state index contributed by atoms with van der Waals surface area (Å²) in [6.07, 6.45) is 3.37. The minimum absolute atomic E-state index is 0.721. The van der Waals surface area contributed by atoms with Gasteiger partial charge in [0.15, 0.2) is 0 Å². The lowest BCUT2D eigenvalue weighted by Crippen LogP contribution is -1.84. The van der Waals surface area contributed by atoms with Crippen molar-refractivity contribution in [1.82, 2.24) is 9.97 Å². The molecule has 72 valence electrons. The van der Waals surface area contributed by atoms with Crippen molar-refractivity contribution in [2.45, 2.75) is 0 Å². The zero-order valence-corrected chi connectivity index (χ0v) is 8.57. The Hall–Kier alpha value is -1.67. The first-order valence-electron chi connectivity index (χ1n) is 4.64. The van der Waals surface area contributed by atoms with E-state index in [2.05, 4.69) is 9.97 Å². The lowest BCUT2D eigenvalue weighted by atomic mass is 10.1. The maximum absolute atomic E-state index is 6.17. The molecule has 15 heavy (non-hydrogen) atoms. The summed E-state index contributed by atoms with van der Waals surface area (Å²) in [7, 11) is 0. The molecule has 2 aromatic carbocycles. The molecule has 3 heteroatoms. The highest BCUT2D eigenvalue weighted by atomic mass is 35.5. The van der Waals surface area contributed by atoms with Crippen molar-refractivity contribution >= 4 is 33.4 Å². The highest BCUT2D eigenvalue weighted by Gasteiger charge is 2.05. The van der Waals surface area contributed by atoms with E-state index in [4.69, 9.17) is 11.6 Å². The van der Waals surface area contributed by atoms with Crippen molar-refractivity contribution in [3.63, 3.8) is 0 Å². The number of fused-ring (bicyclic) bond motifs is 3. The van der Waals surface area contributed by atoms with Gasteiger partial charge in [0.25, 0.3) is 0 Å². The summed E-state index contributed by atoms with van der Waals surface area (Å²) in [5.41, 5.74) is 1.73. The van der Waals surface area contributed by atoms with Crippen molar-refractivity contribution in [2.24, 2.45) is 0 Å². The van der Waals surface area contributed by atoms with E-state index in [1.54, 1.807) is 12.4 Å². The van der Waals surface area contributed by atoms with Gasteiger partial charge < -0.3 is 0 Å². The maximum atomic E-state index is 6.17. The Balaban J connectivity index is 2.64. The van der Waals surface area contributed by atoms with Crippen molar-refractivity contribution in [2.75, 3.05) is 0 Å². The van der Waals surface area contributed by atoms with E-state index in [1.807, 2.05) is 30.3 Å². The molecule has 3 aromatic rings. The van der Waals surface area contributed by atoms with Gasteiger partial charge in [0.1, 0.15) is 0 Å². The molecule has 0 aliphatic carbocycles. The van der Waals surface area contributed by atoms with Crippen LogP contribution in [0.4, 0.5) is 0 Å². The van der Waals surface area contributed by atoms with Gasteiger partial charge in [-0.05, 0) is 6.07 Å². The molecule has 0 aliphatic heterocycles. The summed E-state index contributed by atoms with van der Waals surface area (Å²) in [6.45, 7) is 0. The fraction of sp³-hybridized carbons (Fsp3) is 0. The third-order valence-electron chi connectivity index (χ3n) is 2.43. The molecule has 0 radical (unpaired) electrons. The van der Waals surface area contributed by atoms with Crippen molar-refractivity contribution in [1.29, 1.82) is 0 Å². The van der Waals surface area contributed by atoms with E-state index in [0.717, 1.165) is 26.8 Å². The van der Waals surface area contributed by atoms with Gasteiger partial charge in [0.05, 0.1) is 16.1 Å². The Kier molecular flexibility index (Phi) is 1.82. The highest BCUT2D eigenvalue weighted by molar-refractivity contribution is 6.37. The number of rotatable bonds is 0. The molecule has 0 saturated carbocycles. The van der Waals surface area contributed by atoms with Gasteiger partial charge in [-0.3, -0.25) is 9.97 Å². The predicted molar refractivity (Wildman–Crippen MR) is 62.1 cm³/mol. The van der Waals surface area contributed by atoms with E-state index < -0.39 is 0 Å². The lowest BCUT2D eigenvalue weighted by Gasteiger charge is -2.03. The maximum Gasteiger partial charge on any atom is 0.0966 e. The number of aromatic nitrogens is 2. The van der Waals surface area contributed by atoms with Crippen LogP contribution < -0.4 is 0 Å². The second kappa shape index (κ2) is 3.17. The molecule has 2 nitrogen and oxygen atoms in total. The third-order valence-corrected chi connectivity index (χ3v) is 2.74. The topological polar surface area (TPSA) is 25.8 Å². The molecule has 0 spiro atoms. The summed E-state index contributed by atoms with van der Waals surface area (Å²) in [5.74, 6) is 0. The van der Waals surface area contributed by atoms with E-state index in [1.165, 1.54) is 0 Å². The van der Waals surface area contributed by atoms with Gasteiger partial charge in [0.2, 0.25) is 0 Å².